The average Bonchev–Trinajstić information content (AvgIpc) is 2.55. The molecule has 3 rings (SSSR count). The number of nitrogens with one attached hydrogen (secondary N) is 1. The van der Waals surface area contributed by atoms with Crippen LogP contribution in [0.15, 0.2) is 48.5 Å². The molecule has 1 aliphatic rings. The van der Waals surface area contributed by atoms with Crippen LogP contribution in [0.2, 0.25) is 0 Å². The minimum Gasteiger partial charge on any atom is -0.356 e. The Bertz CT molecular complexity index is 702. The Labute approximate surface area is 142 Å². The number of hydrogen-bond acceptors (Lipinski definition) is 1. The SMILES string of the molecule is CC(NC(=S)N1c2ccc(F)cc2CCC1C)c1ccccc1. The Hall–Kier alpha value is -1.94. The molecule has 0 saturated heterocycles. The Morgan fingerprint density at radius 3 is 2.74 bits per heavy atom. The first-order valence-electron chi connectivity index (χ1n) is 7.99. The molecule has 1 aliphatic heterocycles. The van der Waals surface area contributed by atoms with Crippen LogP contribution in [0, 0.1) is 5.82 Å². The van der Waals surface area contributed by atoms with E-state index >= 15 is 0 Å². The summed E-state index contributed by atoms with van der Waals surface area (Å²) >= 11 is 5.66. The van der Waals surface area contributed by atoms with E-state index in [2.05, 4.69) is 36.2 Å². The summed E-state index contributed by atoms with van der Waals surface area (Å²) in [5.41, 5.74) is 3.24. The van der Waals surface area contributed by atoms with Crippen molar-refractivity contribution in [1.29, 1.82) is 0 Å². The number of halogens is 1. The van der Waals surface area contributed by atoms with E-state index in [-0.39, 0.29) is 11.9 Å². The van der Waals surface area contributed by atoms with Gasteiger partial charge in [0.15, 0.2) is 5.11 Å². The number of aryl methyl sites for hydroxylation is 1. The Morgan fingerprint density at radius 1 is 1.26 bits per heavy atom. The molecule has 0 aromatic heterocycles. The van der Waals surface area contributed by atoms with Crippen molar-refractivity contribution in [2.45, 2.75) is 38.8 Å². The Kier molecular flexibility index (Phi) is 4.62. The Morgan fingerprint density at radius 2 is 2.00 bits per heavy atom. The first-order valence-corrected chi connectivity index (χ1v) is 8.40. The second-order valence-corrected chi connectivity index (χ2v) is 6.50. The van der Waals surface area contributed by atoms with E-state index in [1.807, 2.05) is 24.3 Å². The van der Waals surface area contributed by atoms with Crippen molar-refractivity contribution in [1.82, 2.24) is 5.32 Å². The lowest BCUT2D eigenvalue weighted by Crippen LogP contribution is -2.48. The monoisotopic (exact) mass is 328 g/mol. The van der Waals surface area contributed by atoms with Crippen molar-refractivity contribution in [2.24, 2.45) is 0 Å². The van der Waals surface area contributed by atoms with E-state index in [4.69, 9.17) is 12.2 Å². The molecular formula is C19H21FN2S. The van der Waals surface area contributed by atoms with Crippen LogP contribution in [0.1, 0.15) is 37.4 Å². The molecule has 120 valence electrons. The smallest absolute Gasteiger partial charge is 0.174 e. The van der Waals surface area contributed by atoms with Gasteiger partial charge in [-0.25, -0.2) is 4.39 Å². The van der Waals surface area contributed by atoms with Crippen molar-refractivity contribution in [2.75, 3.05) is 4.90 Å². The Balaban J connectivity index is 1.82. The summed E-state index contributed by atoms with van der Waals surface area (Å²) in [6, 6.07) is 15.6. The van der Waals surface area contributed by atoms with Gasteiger partial charge < -0.3 is 10.2 Å². The summed E-state index contributed by atoms with van der Waals surface area (Å²) in [6.07, 6.45) is 1.86. The third-order valence-electron chi connectivity index (χ3n) is 4.43. The van der Waals surface area contributed by atoms with Gasteiger partial charge in [0.05, 0.1) is 6.04 Å². The molecule has 2 atom stereocenters. The zero-order chi connectivity index (χ0) is 16.4. The summed E-state index contributed by atoms with van der Waals surface area (Å²) in [5.74, 6) is -0.185. The van der Waals surface area contributed by atoms with Gasteiger partial charge in [-0.2, -0.15) is 0 Å². The van der Waals surface area contributed by atoms with Crippen LogP contribution >= 0.6 is 12.2 Å². The maximum absolute atomic E-state index is 13.5. The number of benzene rings is 2. The van der Waals surface area contributed by atoms with Gasteiger partial charge in [0.25, 0.3) is 0 Å². The zero-order valence-electron chi connectivity index (χ0n) is 13.4. The van der Waals surface area contributed by atoms with Crippen molar-refractivity contribution in [3.63, 3.8) is 0 Å². The highest BCUT2D eigenvalue weighted by Gasteiger charge is 2.27. The quantitative estimate of drug-likeness (QED) is 0.811. The minimum absolute atomic E-state index is 0.127. The van der Waals surface area contributed by atoms with Crippen LogP contribution in [0.25, 0.3) is 0 Å². The van der Waals surface area contributed by atoms with Crippen LogP contribution in [0.3, 0.4) is 0 Å². The molecular weight excluding hydrogens is 307 g/mol. The van der Waals surface area contributed by atoms with E-state index in [0.717, 1.165) is 24.1 Å². The summed E-state index contributed by atoms with van der Waals surface area (Å²) in [5, 5.41) is 4.11. The van der Waals surface area contributed by atoms with Gasteiger partial charge >= 0.3 is 0 Å². The molecule has 1 N–H and O–H groups in total. The molecule has 23 heavy (non-hydrogen) atoms. The highest BCUT2D eigenvalue weighted by Crippen LogP contribution is 2.31. The lowest BCUT2D eigenvalue weighted by Gasteiger charge is -2.38. The van der Waals surface area contributed by atoms with Gasteiger partial charge in [-0.15, -0.1) is 0 Å². The van der Waals surface area contributed by atoms with Gasteiger partial charge in [-0.3, -0.25) is 0 Å². The lowest BCUT2D eigenvalue weighted by atomic mass is 9.97. The van der Waals surface area contributed by atoms with Gasteiger partial charge in [-0.05, 0) is 68.2 Å². The topological polar surface area (TPSA) is 15.3 Å². The van der Waals surface area contributed by atoms with Crippen LogP contribution in [0.5, 0.6) is 0 Å². The van der Waals surface area contributed by atoms with Crippen molar-refractivity contribution >= 4 is 23.0 Å². The molecule has 2 unspecified atom stereocenters. The first-order chi connectivity index (χ1) is 11.1. The number of thiocarbonyl (C=S) groups is 1. The van der Waals surface area contributed by atoms with Gasteiger partial charge in [0.1, 0.15) is 5.82 Å². The molecule has 0 radical (unpaired) electrons. The number of anilines is 1. The van der Waals surface area contributed by atoms with E-state index in [1.165, 1.54) is 11.6 Å². The molecule has 0 amide bonds. The minimum atomic E-state index is -0.185. The fourth-order valence-corrected chi connectivity index (χ4v) is 3.56. The number of rotatable bonds is 2. The number of nitrogens with zero attached hydrogens (tertiary/aromatic N) is 1. The van der Waals surface area contributed by atoms with Crippen molar-refractivity contribution in [3.8, 4) is 0 Å². The summed E-state index contributed by atoms with van der Waals surface area (Å²) in [7, 11) is 0. The first kappa shape index (κ1) is 15.9. The van der Waals surface area contributed by atoms with Crippen LogP contribution in [-0.4, -0.2) is 11.2 Å². The van der Waals surface area contributed by atoms with Crippen LogP contribution in [-0.2, 0) is 6.42 Å². The maximum Gasteiger partial charge on any atom is 0.174 e. The standard InChI is InChI=1S/C19H21FN2S/c1-13-8-9-16-12-17(20)10-11-18(16)22(13)19(23)21-14(2)15-6-4-3-5-7-15/h3-7,10-14H,8-9H2,1-2H3,(H,21,23). The zero-order valence-corrected chi connectivity index (χ0v) is 14.2. The number of fused-ring (bicyclic) bond motifs is 1. The second kappa shape index (κ2) is 6.67. The molecule has 0 fully saturated rings. The van der Waals surface area contributed by atoms with E-state index < -0.39 is 0 Å². The predicted molar refractivity (Wildman–Crippen MR) is 97.3 cm³/mol. The molecule has 4 heteroatoms. The van der Waals surface area contributed by atoms with E-state index in [9.17, 15) is 4.39 Å². The lowest BCUT2D eigenvalue weighted by molar-refractivity contribution is 0.596. The molecule has 0 aliphatic carbocycles. The second-order valence-electron chi connectivity index (χ2n) is 6.11. The van der Waals surface area contributed by atoms with E-state index in [0.29, 0.717) is 11.2 Å². The fraction of sp³-hybridized carbons (Fsp3) is 0.316. The largest absolute Gasteiger partial charge is 0.356 e. The van der Waals surface area contributed by atoms with E-state index in [1.54, 1.807) is 6.07 Å². The summed E-state index contributed by atoms with van der Waals surface area (Å²) < 4.78 is 13.5. The van der Waals surface area contributed by atoms with Crippen LogP contribution in [0.4, 0.5) is 10.1 Å². The van der Waals surface area contributed by atoms with Gasteiger partial charge in [0, 0.05) is 11.7 Å². The summed E-state index contributed by atoms with van der Waals surface area (Å²) in [4.78, 5) is 2.12. The third kappa shape index (κ3) is 3.37. The maximum atomic E-state index is 13.5. The normalized spacial score (nSPS) is 18.2. The third-order valence-corrected chi connectivity index (χ3v) is 4.75. The highest BCUT2D eigenvalue weighted by molar-refractivity contribution is 7.80. The fourth-order valence-electron chi connectivity index (χ4n) is 3.11. The van der Waals surface area contributed by atoms with Crippen LogP contribution < -0.4 is 10.2 Å². The summed E-state index contributed by atoms with van der Waals surface area (Å²) in [6.45, 7) is 4.26. The van der Waals surface area contributed by atoms with Crippen molar-refractivity contribution in [3.05, 3.63) is 65.5 Å². The predicted octanol–water partition coefficient (Wildman–Crippen LogP) is 4.60. The molecule has 0 bridgehead atoms. The molecule has 1 heterocycles. The van der Waals surface area contributed by atoms with Gasteiger partial charge in [0.2, 0.25) is 0 Å². The molecule has 2 aromatic rings. The molecule has 2 aromatic carbocycles. The van der Waals surface area contributed by atoms with Gasteiger partial charge in [-0.1, -0.05) is 30.3 Å². The highest BCUT2D eigenvalue weighted by atomic mass is 32.1. The number of hydrogen-bond donors (Lipinski definition) is 1. The molecule has 0 saturated carbocycles. The molecule has 2 nitrogen and oxygen atoms in total. The van der Waals surface area contributed by atoms with Crippen molar-refractivity contribution < 1.29 is 4.39 Å². The average molecular weight is 328 g/mol. The molecule has 0 spiro atoms.